The monoisotopic (exact) mass is 647 g/mol. The van der Waals surface area contributed by atoms with Crippen molar-refractivity contribution in [1.29, 1.82) is 0 Å². The van der Waals surface area contributed by atoms with E-state index in [4.69, 9.17) is 42.1 Å². The Morgan fingerprint density at radius 1 is 1.00 bits per heavy atom. The SMILES string of the molecule is COc1cccc2oc(-c3nc4ccccc4c(=O)n3N=Cc3cc(Cl)c(OCc4ccc(Cl)cc4)c(Br)c3)cc12. The molecule has 6 aromatic rings. The van der Waals surface area contributed by atoms with Crippen molar-refractivity contribution in [1.82, 2.24) is 9.66 Å². The van der Waals surface area contributed by atoms with Crippen LogP contribution in [0.15, 0.2) is 104 Å². The Labute approximate surface area is 252 Å². The standard InChI is InChI=1S/C31H20BrCl2N3O4/c1-39-26-7-4-8-27-22(26)15-28(41-27)30-36-25-6-3-2-5-21(25)31(38)37(30)35-16-19-13-23(32)29(24(34)14-19)40-17-18-9-11-20(33)12-10-18/h2-16H,17H2,1H3. The summed E-state index contributed by atoms with van der Waals surface area (Å²) >= 11 is 16.1. The van der Waals surface area contributed by atoms with Gasteiger partial charge in [-0.2, -0.15) is 9.78 Å². The lowest BCUT2D eigenvalue weighted by molar-refractivity contribution is 0.304. The zero-order chi connectivity index (χ0) is 28.5. The summed E-state index contributed by atoms with van der Waals surface area (Å²) in [5.41, 5.74) is 2.36. The average molecular weight is 649 g/mol. The van der Waals surface area contributed by atoms with Gasteiger partial charge in [-0.3, -0.25) is 4.79 Å². The molecule has 41 heavy (non-hydrogen) atoms. The van der Waals surface area contributed by atoms with Crippen molar-refractivity contribution in [3.63, 3.8) is 0 Å². The van der Waals surface area contributed by atoms with Gasteiger partial charge in [-0.25, -0.2) is 4.98 Å². The van der Waals surface area contributed by atoms with Crippen LogP contribution in [0, 0.1) is 0 Å². The Balaban J connectivity index is 1.38. The highest BCUT2D eigenvalue weighted by molar-refractivity contribution is 9.10. The highest BCUT2D eigenvalue weighted by atomic mass is 79.9. The van der Waals surface area contributed by atoms with Gasteiger partial charge in [-0.15, -0.1) is 0 Å². The number of methoxy groups -OCH3 is 1. The molecule has 6 rings (SSSR count). The summed E-state index contributed by atoms with van der Waals surface area (Å²) in [5, 5.41) is 6.73. The lowest BCUT2D eigenvalue weighted by atomic mass is 10.2. The zero-order valence-corrected chi connectivity index (χ0v) is 24.6. The summed E-state index contributed by atoms with van der Waals surface area (Å²) in [7, 11) is 1.59. The largest absolute Gasteiger partial charge is 0.496 e. The van der Waals surface area contributed by atoms with Crippen molar-refractivity contribution in [2.24, 2.45) is 5.10 Å². The van der Waals surface area contributed by atoms with Gasteiger partial charge in [-0.1, -0.05) is 53.5 Å². The molecule has 0 N–H and O–H groups in total. The van der Waals surface area contributed by atoms with E-state index < -0.39 is 0 Å². The Morgan fingerprint density at radius 2 is 1.80 bits per heavy atom. The zero-order valence-electron chi connectivity index (χ0n) is 21.5. The van der Waals surface area contributed by atoms with E-state index in [0.29, 0.717) is 60.4 Å². The number of benzene rings is 4. The highest BCUT2D eigenvalue weighted by Gasteiger charge is 2.18. The fraction of sp³-hybridized carbons (Fsp3) is 0.0645. The van der Waals surface area contributed by atoms with Crippen LogP contribution in [0.1, 0.15) is 11.1 Å². The minimum atomic E-state index is -0.345. The van der Waals surface area contributed by atoms with Crippen molar-refractivity contribution < 1.29 is 13.9 Å². The Morgan fingerprint density at radius 3 is 2.59 bits per heavy atom. The highest BCUT2D eigenvalue weighted by Crippen LogP contribution is 2.35. The molecule has 204 valence electrons. The number of nitrogens with zero attached hydrogens (tertiary/aromatic N) is 3. The van der Waals surface area contributed by atoms with Crippen LogP contribution in [0.3, 0.4) is 0 Å². The fourth-order valence-corrected chi connectivity index (χ4v) is 5.48. The maximum Gasteiger partial charge on any atom is 0.282 e. The Hall–Kier alpha value is -4.11. The van der Waals surface area contributed by atoms with Crippen molar-refractivity contribution in [2.45, 2.75) is 6.61 Å². The topological polar surface area (TPSA) is 78.9 Å². The minimum absolute atomic E-state index is 0.247. The maximum absolute atomic E-state index is 13.6. The van der Waals surface area contributed by atoms with E-state index in [9.17, 15) is 4.79 Å². The van der Waals surface area contributed by atoms with Gasteiger partial charge in [0.15, 0.2) is 11.5 Å². The van der Waals surface area contributed by atoms with E-state index in [1.165, 1.54) is 10.9 Å². The molecule has 0 saturated heterocycles. The van der Waals surface area contributed by atoms with Gasteiger partial charge in [0.05, 0.1) is 39.1 Å². The Kier molecular flexibility index (Phi) is 7.53. The van der Waals surface area contributed by atoms with Gasteiger partial charge in [0.2, 0.25) is 5.82 Å². The van der Waals surface area contributed by atoms with Crippen molar-refractivity contribution in [3.8, 4) is 23.1 Å². The van der Waals surface area contributed by atoms with Gasteiger partial charge in [0, 0.05) is 5.02 Å². The van der Waals surface area contributed by atoms with Crippen LogP contribution in [0.2, 0.25) is 10.0 Å². The van der Waals surface area contributed by atoms with E-state index >= 15 is 0 Å². The average Bonchev–Trinajstić information content (AvgIpc) is 3.42. The van der Waals surface area contributed by atoms with Crippen LogP contribution in [-0.4, -0.2) is 23.0 Å². The molecule has 0 amide bonds. The van der Waals surface area contributed by atoms with E-state index in [1.54, 1.807) is 55.6 Å². The first-order valence-electron chi connectivity index (χ1n) is 12.4. The molecule has 7 nitrogen and oxygen atoms in total. The molecule has 0 bridgehead atoms. The third-order valence-corrected chi connectivity index (χ3v) is 7.48. The number of hydrogen-bond acceptors (Lipinski definition) is 6. The summed E-state index contributed by atoms with van der Waals surface area (Å²) in [4.78, 5) is 18.3. The lowest BCUT2D eigenvalue weighted by Gasteiger charge is -2.11. The number of para-hydroxylation sites is 1. The molecule has 0 radical (unpaired) electrons. The third-order valence-electron chi connectivity index (χ3n) is 6.35. The summed E-state index contributed by atoms with van der Waals surface area (Å²) in [6, 6.07) is 25.3. The maximum atomic E-state index is 13.6. The van der Waals surface area contributed by atoms with Crippen LogP contribution in [-0.2, 0) is 6.61 Å². The van der Waals surface area contributed by atoms with E-state index in [-0.39, 0.29) is 11.4 Å². The first-order chi connectivity index (χ1) is 19.9. The number of aromatic nitrogens is 2. The van der Waals surface area contributed by atoms with Crippen LogP contribution in [0.5, 0.6) is 11.5 Å². The first-order valence-corrected chi connectivity index (χ1v) is 14.0. The van der Waals surface area contributed by atoms with Crippen LogP contribution in [0.4, 0.5) is 0 Å². The molecule has 2 aromatic heterocycles. The molecular formula is C31H20BrCl2N3O4. The fourth-order valence-electron chi connectivity index (χ4n) is 4.37. The molecule has 0 saturated carbocycles. The number of fused-ring (bicyclic) bond motifs is 2. The number of hydrogen-bond donors (Lipinski definition) is 0. The van der Waals surface area contributed by atoms with Gasteiger partial charge in [0.1, 0.15) is 17.9 Å². The van der Waals surface area contributed by atoms with E-state index in [2.05, 4.69) is 21.0 Å². The molecule has 0 aliphatic carbocycles. The van der Waals surface area contributed by atoms with E-state index in [1.807, 2.05) is 36.4 Å². The van der Waals surface area contributed by atoms with Gasteiger partial charge < -0.3 is 13.9 Å². The van der Waals surface area contributed by atoms with Crippen molar-refractivity contribution in [2.75, 3.05) is 7.11 Å². The van der Waals surface area contributed by atoms with Gasteiger partial charge in [0.25, 0.3) is 5.56 Å². The second kappa shape index (κ2) is 11.4. The first kappa shape index (κ1) is 27.1. The predicted molar refractivity (Wildman–Crippen MR) is 166 cm³/mol. The summed E-state index contributed by atoms with van der Waals surface area (Å²) < 4.78 is 19.4. The smallest absolute Gasteiger partial charge is 0.282 e. The van der Waals surface area contributed by atoms with Gasteiger partial charge in [-0.05, 0) is 81.7 Å². The second-order valence-electron chi connectivity index (χ2n) is 9.03. The molecular weight excluding hydrogens is 629 g/mol. The molecule has 10 heteroatoms. The number of rotatable bonds is 7. The summed E-state index contributed by atoms with van der Waals surface area (Å²) in [6.45, 7) is 0.312. The molecule has 0 unspecified atom stereocenters. The predicted octanol–water partition coefficient (Wildman–Crippen LogP) is 8.35. The van der Waals surface area contributed by atoms with Crippen LogP contribution in [0.25, 0.3) is 33.5 Å². The summed E-state index contributed by atoms with van der Waals surface area (Å²) in [5.74, 6) is 1.75. The lowest BCUT2D eigenvalue weighted by Crippen LogP contribution is -2.20. The quantitative estimate of drug-likeness (QED) is 0.163. The van der Waals surface area contributed by atoms with E-state index in [0.717, 1.165) is 10.9 Å². The molecule has 0 spiro atoms. The van der Waals surface area contributed by atoms with Crippen LogP contribution < -0.4 is 15.0 Å². The molecule has 4 aromatic carbocycles. The molecule has 0 fully saturated rings. The molecule has 0 aliphatic heterocycles. The third kappa shape index (κ3) is 5.46. The second-order valence-corrected chi connectivity index (χ2v) is 10.7. The van der Waals surface area contributed by atoms with Crippen molar-refractivity contribution in [3.05, 3.63) is 121 Å². The molecule has 2 heterocycles. The van der Waals surface area contributed by atoms with Crippen LogP contribution >= 0.6 is 39.1 Å². The number of furan rings is 1. The number of ether oxygens (including phenoxy) is 2. The molecule has 0 atom stereocenters. The minimum Gasteiger partial charge on any atom is -0.496 e. The number of halogens is 3. The van der Waals surface area contributed by atoms with Crippen molar-refractivity contribution >= 4 is 67.2 Å². The van der Waals surface area contributed by atoms with Gasteiger partial charge >= 0.3 is 0 Å². The molecule has 0 aliphatic rings. The summed E-state index contributed by atoms with van der Waals surface area (Å²) in [6.07, 6.45) is 1.53. The normalized spacial score (nSPS) is 11.5. The Bertz CT molecular complexity index is 1980.